The maximum atomic E-state index is 5.55. The molecule has 0 aliphatic heterocycles. The van der Waals surface area contributed by atoms with Crippen LogP contribution in [0.4, 0.5) is 5.82 Å². The van der Waals surface area contributed by atoms with Crippen LogP contribution in [0.3, 0.4) is 0 Å². The fraction of sp³-hybridized carbons (Fsp3) is 0.154. The van der Waals surface area contributed by atoms with Gasteiger partial charge < -0.3 is 11.1 Å². The van der Waals surface area contributed by atoms with Crippen LogP contribution in [0.1, 0.15) is 16.8 Å². The highest BCUT2D eigenvalue weighted by molar-refractivity contribution is 7.80. The van der Waals surface area contributed by atoms with Crippen LogP contribution in [0.25, 0.3) is 0 Å². The number of rotatable bonds is 4. The molecule has 18 heavy (non-hydrogen) atoms. The molecule has 0 aromatic carbocycles. The van der Waals surface area contributed by atoms with Crippen LogP contribution in [0.2, 0.25) is 0 Å². The normalized spacial score (nSPS) is 10.1. The van der Waals surface area contributed by atoms with Crippen LogP contribution in [0, 0.1) is 6.92 Å². The van der Waals surface area contributed by atoms with Crippen LogP contribution in [-0.2, 0) is 6.54 Å². The van der Waals surface area contributed by atoms with E-state index in [9.17, 15) is 0 Å². The lowest BCUT2D eigenvalue weighted by Crippen LogP contribution is -2.12. The lowest BCUT2D eigenvalue weighted by atomic mass is 10.1. The molecule has 2 aromatic heterocycles. The van der Waals surface area contributed by atoms with Crippen molar-refractivity contribution in [1.82, 2.24) is 9.97 Å². The largest absolute Gasteiger partial charge is 0.388 e. The molecule has 0 aliphatic rings. The molecule has 0 saturated carbocycles. The van der Waals surface area contributed by atoms with E-state index in [-0.39, 0.29) is 0 Å². The number of hydrogen-bond acceptors (Lipinski definition) is 4. The van der Waals surface area contributed by atoms with Gasteiger partial charge in [-0.25, -0.2) is 4.98 Å². The molecule has 0 saturated heterocycles. The fourth-order valence-corrected chi connectivity index (χ4v) is 1.67. The first-order chi connectivity index (χ1) is 8.66. The Balaban J connectivity index is 2.09. The summed E-state index contributed by atoms with van der Waals surface area (Å²) in [7, 11) is 0. The summed E-state index contributed by atoms with van der Waals surface area (Å²) in [6.45, 7) is 2.73. The second-order valence-corrected chi connectivity index (χ2v) is 4.37. The third-order valence-electron chi connectivity index (χ3n) is 2.60. The molecule has 0 spiro atoms. The maximum absolute atomic E-state index is 5.55. The minimum Gasteiger partial charge on any atom is -0.388 e. The van der Waals surface area contributed by atoms with E-state index in [4.69, 9.17) is 18.0 Å². The van der Waals surface area contributed by atoms with Gasteiger partial charge in [-0.1, -0.05) is 18.3 Å². The highest BCUT2D eigenvalue weighted by Crippen LogP contribution is 2.10. The summed E-state index contributed by atoms with van der Waals surface area (Å²) in [4.78, 5) is 8.69. The smallest absolute Gasteiger partial charge is 0.127 e. The Labute approximate surface area is 111 Å². The van der Waals surface area contributed by atoms with Crippen LogP contribution in [0.15, 0.2) is 36.7 Å². The molecular weight excluding hydrogens is 244 g/mol. The van der Waals surface area contributed by atoms with E-state index >= 15 is 0 Å². The Morgan fingerprint density at radius 1 is 1.39 bits per heavy atom. The van der Waals surface area contributed by atoms with Gasteiger partial charge in [-0.2, -0.15) is 0 Å². The molecule has 3 N–H and O–H groups in total. The molecule has 0 unspecified atom stereocenters. The van der Waals surface area contributed by atoms with Gasteiger partial charge in [0.1, 0.15) is 10.8 Å². The first-order valence-corrected chi connectivity index (χ1v) is 5.98. The van der Waals surface area contributed by atoms with E-state index in [1.165, 1.54) is 5.56 Å². The lowest BCUT2D eigenvalue weighted by molar-refractivity contribution is 1.07. The van der Waals surface area contributed by atoms with Gasteiger partial charge in [-0.3, -0.25) is 4.98 Å². The first kappa shape index (κ1) is 12.4. The molecule has 2 heterocycles. The van der Waals surface area contributed by atoms with Crippen molar-refractivity contribution in [2.24, 2.45) is 5.73 Å². The average Bonchev–Trinajstić information content (AvgIpc) is 2.38. The highest BCUT2D eigenvalue weighted by atomic mass is 32.1. The van der Waals surface area contributed by atoms with Gasteiger partial charge in [-0.15, -0.1) is 0 Å². The van der Waals surface area contributed by atoms with E-state index in [1.807, 2.05) is 31.3 Å². The Morgan fingerprint density at radius 2 is 2.22 bits per heavy atom. The minimum atomic E-state index is 0.304. The van der Waals surface area contributed by atoms with Crippen molar-refractivity contribution in [2.45, 2.75) is 13.5 Å². The standard InChI is InChI=1S/C13H14N4S/c1-9-7-15-6-5-10(9)8-16-12-4-2-3-11(17-12)13(14)18/h2-7H,8H2,1H3,(H2,14,18)(H,16,17). The predicted molar refractivity (Wildman–Crippen MR) is 76.4 cm³/mol. The second kappa shape index (κ2) is 5.55. The van der Waals surface area contributed by atoms with Crippen LogP contribution in [-0.4, -0.2) is 15.0 Å². The van der Waals surface area contributed by atoms with E-state index in [0.717, 1.165) is 11.4 Å². The molecule has 0 amide bonds. The molecule has 2 rings (SSSR count). The number of aromatic nitrogens is 2. The van der Waals surface area contributed by atoms with Crippen LogP contribution >= 0.6 is 12.2 Å². The van der Waals surface area contributed by atoms with Crippen LogP contribution < -0.4 is 11.1 Å². The molecule has 92 valence electrons. The van der Waals surface area contributed by atoms with Crippen molar-refractivity contribution in [3.05, 3.63) is 53.5 Å². The Morgan fingerprint density at radius 3 is 2.94 bits per heavy atom. The zero-order valence-corrected chi connectivity index (χ0v) is 10.9. The van der Waals surface area contributed by atoms with E-state index < -0.39 is 0 Å². The third kappa shape index (κ3) is 3.01. The first-order valence-electron chi connectivity index (χ1n) is 5.57. The number of hydrogen-bond donors (Lipinski definition) is 2. The van der Waals surface area contributed by atoms with Gasteiger partial charge >= 0.3 is 0 Å². The Hall–Kier alpha value is -2.01. The van der Waals surface area contributed by atoms with Crippen molar-refractivity contribution < 1.29 is 0 Å². The number of aryl methyl sites for hydroxylation is 1. The highest BCUT2D eigenvalue weighted by Gasteiger charge is 2.01. The summed E-state index contributed by atoms with van der Waals surface area (Å²) < 4.78 is 0. The summed E-state index contributed by atoms with van der Waals surface area (Å²) in [6, 6.07) is 7.55. The van der Waals surface area contributed by atoms with Gasteiger partial charge in [0.05, 0.1) is 5.69 Å². The Bertz CT molecular complexity index is 568. The predicted octanol–water partition coefficient (Wildman–Crippen LogP) is 2.03. The van der Waals surface area contributed by atoms with Gasteiger partial charge in [0.25, 0.3) is 0 Å². The summed E-state index contributed by atoms with van der Waals surface area (Å²) in [5, 5.41) is 3.24. The molecule has 5 heteroatoms. The van der Waals surface area contributed by atoms with E-state index in [0.29, 0.717) is 17.2 Å². The van der Waals surface area contributed by atoms with Gasteiger partial charge in [0.2, 0.25) is 0 Å². The van der Waals surface area contributed by atoms with Crippen molar-refractivity contribution in [3.63, 3.8) is 0 Å². The second-order valence-electron chi connectivity index (χ2n) is 3.93. The van der Waals surface area contributed by atoms with Crippen LogP contribution in [0.5, 0.6) is 0 Å². The molecule has 0 aliphatic carbocycles. The molecule has 0 bridgehead atoms. The number of pyridine rings is 2. The SMILES string of the molecule is Cc1cnccc1CNc1cccc(C(N)=S)n1. The fourth-order valence-electron chi connectivity index (χ4n) is 1.56. The summed E-state index contributed by atoms with van der Waals surface area (Å²) >= 11 is 4.90. The molecule has 4 nitrogen and oxygen atoms in total. The molecular formula is C13H14N4S. The minimum absolute atomic E-state index is 0.304. The van der Waals surface area contributed by atoms with Crippen molar-refractivity contribution in [1.29, 1.82) is 0 Å². The van der Waals surface area contributed by atoms with E-state index in [1.54, 1.807) is 12.3 Å². The van der Waals surface area contributed by atoms with Crippen molar-refractivity contribution >= 4 is 23.0 Å². The van der Waals surface area contributed by atoms with Crippen molar-refractivity contribution in [2.75, 3.05) is 5.32 Å². The monoisotopic (exact) mass is 258 g/mol. The zero-order chi connectivity index (χ0) is 13.0. The van der Waals surface area contributed by atoms with Crippen molar-refractivity contribution in [3.8, 4) is 0 Å². The zero-order valence-electron chi connectivity index (χ0n) is 10.1. The van der Waals surface area contributed by atoms with E-state index in [2.05, 4.69) is 15.3 Å². The molecule has 0 atom stereocenters. The lowest BCUT2D eigenvalue weighted by Gasteiger charge is -2.08. The van der Waals surface area contributed by atoms with Gasteiger partial charge in [0.15, 0.2) is 0 Å². The molecule has 0 fully saturated rings. The maximum Gasteiger partial charge on any atom is 0.127 e. The quantitative estimate of drug-likeness (QED) is 0.822. The topological polar surface area (TPSA) is 63.8 Å². The summed E-state index contributed by atoms with van der Waals surface area (Å²) in [6.07, 6.45) is 3.62. The molecule has 0 radical (unpaired) electrons. The van der Waals surface area contributed by atoms with Gasteiger partial charge in [-0.05, 0) is 36.2 Å². The van der Waals surface area contributed by atoms with Gasteiger partial charge in [0, 0.05) is 18.9 Å². The number of thiocarbonyl (C=S) groups is 1. The number of nitrogens with one attached hydrogen (secondary N) is 1. The summed E-state index contributed by atoms with van der Waals surface area (Å²) in [5.74, 6) is 0.761. The average molecular weight is 258 g/mol. The molecule has 2 aromatic rings. The number of anilines is 1. The number of nitrogens with zero attached hydrogens (tertiary/aromatic N) is 2. The summed E-state index contributed by atoms with van der Waals surface area (Å²) in [5.41, 5.74) is 8.51. The Kier molecular flexibility index (Phi) is 3.84. The third-order valence-corrected chi connectivity index (χ3v) is 2.81. The number of nitrogens with two attached hydrogens (primary N) is 1.